The highest BCUT2D eigenvalue weighted by Crippen LogP contribution is 2.25. The molecular weight excluding hydrogens is 358 g/mol. The number of nitrogens with one attached hydrogen (secondary N) is 1. The molecule has 0 bridgehead atoms. The van der Waals surface area contributed by atoms with Crippen molar-refractivity contribution < 1.29 is 13.2 Å². The van der Waals surface area contributed by atoms with Gasteiger partial charge in [0.2, 0.25) is 10.0 Å². The molecule has 0 amide bonds. The van der Waals surface area contributed by atoms with Crippen LogP contribution in [0.4, 0.5) is 5.69 Å². The molecule has 5 heteroatoms. The number of anilines is 1. The molecule has 0 saturated heterocycles. The molecule has 1 N–H and O–H groups in total. The first-order chi connectivity index (χ1) is 12.9. The molecule has 0 heterocycles. The minimum Gasteiger partial charge on any atom is -0.489 e. The van der Waals surface area contributed by atoms with E-state index in [1.54, 1.807) is 31.2 Å². The Morgan fingerprint density at radius 2 is 1.52 bits per heavy atom. The first-order valence-corrected chi connectivity index (χ1v) is 10.3. The van der Waals surface area contributed by atoms with Gasteiger partial charge in [-0.3, -0.25) is 4.72 Å². The monoisotopic (exact) mass is 381 g/mol. The van der Waals surface area contributed by atoms with Crippen LogP contribution in [0.1, 0.15) is 28.9 Å². The van der Waals surface area contributed by atoms with Crippen molar-refractivity contribution in [2.75, 3.05) is 4.72 Å². The second-order valence-corrected chi connectivity index (χ2v) is 8.50. The maximum absolute atomic E-state index is 12.6. The molecule has 0 fully saturated rings. The fourth-order valence-corrected chi connectivity index (χ4v) is 3.79. The lowest BCUT2D eigenvalue weighted by molar-refractivity contribution is 0.306. The fraction of sp³-hybridized carbons (Fsp3) is 0.182. The van der Waals surface area contributed by atoms with Crippen molar-refractivity contribution in [3.05, 3.63) is 95.6 Å². The molecule has 1 atom stereocenters. The molecule has 0 aliphatic heterocycles. The zero-order valence-corrected chi connectivity index (χ0v) is 16.2. The molecule has 27 heavy (non-hydrogen) atoms. The summed E-state index contributed by atoms with van der Waals surface area (Å²) in [6.07, 6.45) is 0. The van der Waals surface area contributed by atoms with Crippen molar-refractivity contribution in [1.82, 2.24) is 0 Å². The molecule has 0 aromatic heterocycles. The Balaban J connectivity index is 1.63. The molecule has 0 aliphatic carbocycles. The van der Waals surface area contributed by atoms with E-state index in [0.29, 0.717) is 18.0 Å². The lowest BCUT2D eigenvalue weighted by atomic mass is 10.1. The van der Waals surface area contributed by atoms with E-state index in [1.807, 2.05) is 61.5 Å². The molecule has 3 rings (SSSR count). The maximum atomic E-state index is 12.6. The Morgan fingerprint density at radius 3 is 2.15 bits per heavy atom. The van der Waals surface area contributed by atoms with Gasteiger partial charge in [-0.1, -0.05) is 60.2 Å². The van der Waals surface area contributed by atoms with Gasteiger partial charge in [-0.25, -0.2) is 8.42 Å². The van der Waals surface area contributed by atoms with Crippen LogP contribution < -0.4 is 9.46 Å². The van der Waals surface area contributed by atoms with Crippen LogP contribution in [0.15, 0.2) is 78.9 Å². The number of ether oxygens (including phenoxy) is 1. The highest BCUT2D eigenvalue weighted by atomic mass is 32.2. The molecule has 0 saturated carbocycles. The van der Waals surface area contributed by atoms with Crippen LogP contribution in [0, 0.1) is 6.92 Å². The van der Waals surface area contributed by atoms with E-state index in [0.717, 1.165) is 16.7 Å². The summed E-state index contributed by atoms with van der Waals surface area (Å²) in [5.41, 5.74) is 3.45. The number of rotatable bonds is 7. The van der Waals surface area contributed by atoms with Crippen LogP contribution in [-0.4, -0.2) is 8.42 Å². The Labute approximate surface area is 160 Å². The molecule has 0 spiro atoms. The third-order valence-electron chi connectivity index (χ3n) is 4.37. The smallest absolute Gasteiger partial charge is 0.239 e. The zero-order chi connectivity index (χ0) is 19.3. The van der Waals surface area contributed by atoms with E-state index in [2.05, 4.69) is 4.72 Å². The van der Waals surface area contributed by atoms with Gasteiger partial charge in [0, 0.05) is 5.69 Å². The summed E-state index contributed by atoms with van der Waals surface area (Å²) in [6, 6.07) is 24.3. The number of aryl methyl sites for hydroxylation is 1. The quantitative estimate of drug-likeness (QED) is 0.621. The Kier molecular flexibility index (Phi) is 5.81. The fourth-order valence-electron chi connectivity index (χ4n) is 2.63. The van der Waals surface area contributed by atoms with Gasteiger partial charge in [-0.15, -0.1) is 0 Å². The summed E-state index contributed by atoms with van der Waals surface area (Å²) in [4.78, 5) is 0. The summed E-state index contributed by atoms with van der Waals surface area (Å²) < 4.78 is 33.7. The van der Waals surface area contributed by atoms with Crippen molar-refractivity contribution in [1.29, 1.82) is 0 Å². The van der Waals surface area contributed by atoms with Crippen LogP contribution in [0.25, 0.3) is 0 Å². The normalized spacial score (nSPS) is 12.4. The molecule has 140 valence electrons. The highest BCUT2D eigenvalue weighted by Gasteiger charge is 2.22. The number of hydrogen-bond acceptors (Lipinski definition) is 3. The van der Waals surface area contributed by atoms with Gasteiger partial charge in [-0.2, -0.15) is 0 Å². The van der Waals surface area contributed by atoms with Crippen molar-refractivity contribution in [2.24, 2.45) is 0 Å². The van der Waals surface area contributed by atoms with E-state index in [4.69, 9.17) is 4.74 Å². The van der Waals surface area contributed by atoms with Gasteiger partial charge >= 0.3 is 0 Å². The van der Waals surface area contributed by atoms with Gasteiger partial charge in [-0.05, 0) is 49.2 Å². The van der Waals surface area contributed by atoms with Crippen LogP contribution in [-0.2, 0) is 16.6 Å². The van der Waals surface area contributed by atoms with Crippen molar-refractivity contribution >= 4 is 15.7 Å². The van der Waals surface area contributed by atoms with Gasteiger partial charge in [0.25, 0.3) is 0 Å². The zero-order valence-electron chi connectivity index (χ0n) is 15.4. The third kappa shape index (κ3) is 5.11. The van der Waals surface area contributed by atoms with Gasteiger partial charge in [0.1, 0.15) is 17.6 Å². The summed E-state index contributed by atoms with van der Waals surface area (Å²) in [5, 5.41) is -0.646. The molecule has 4 nitrogen and oxygen atoms in total. The number of hydrogen-bond donors (Lipinski definition) is 1. The molecular formula is C22H23NO3S. The van der Waals surface area contributed by atoms with E-state index in [-0.39, 0.29) is 0 Å². The van der Waals surface area contributed by atoms with Crippen molar-refractivity contribution in [3.8, 4) is 5.75 Å². The van der Waals surface area contributed by atoms with Gasteiger partial charge in [0.15, 0.2) is 0 Å². The van der Waals surface area contributed by atoms with Crippen molar-refractivity contribution in [2.45, 2.75) is 25.7 Å². The lowest BCUT2D eigenvalue weighted by Gasteiger charge is -2.16. The predicted molar refractivity (Wildman–Crippen MR) is 109 cm³/mol. The summed E-state index contributed by atoms with van der Waals surface area (Å²) in [6.45, 7) is 4.13. The van der Waals surface area contributed by atoms with Crippen LogP contribution in [0.2, 0.25) is 0 Å². The highest BCUT2D eigenvalue weighted by molar-refractivity contribution is 7.92. The molecule has 0 aliphatic rings. The summed E-state index contributed by atoms with van der Waals surface area (Å²) in [7, 11) is -3.54. The summed E-state index contributed by atoms with van der Waals surface area (Å²) in [5.74, 6) is 0.688. The molecule has 3 aromatic rings. The van der Waals surface area contributed by atoms with Gasteiger partial charge < -0.3 is 4.74 Å². The van der Waals surface area contributed by atoms with Gasteiger partial charge in [0.05, 0.1) is 0 Å². The van der Waals surface area contributed by atoms with E-state index < -0.39 is 15.3 Å². The SMILES string of the molecule is Cc1ccc(C(C)S(=O)(=O)Nc2ccc(OCc3ccccc3)cc2)cc1. The average molecular weight is 381 g/mol. The van der Waals surface area contributed by atoms with Crippen LogP contribution >= 0.6 is 0 Å². The molecule has 3 aromatic carbocycles. The van der Waals surface area contributed by atoms with E-state index in [1.165, 1.54) is 0 Å². The topological polar surface area (TPSA) is 55.4 Å². The second-order valence-electron chi connectivity index (χ2n) is 6.50. The summed E-state index contributed by atoms with van der Waals surface area (Å²) >= 11 is 0. The van der Waals surface area contributed by atoms with Crippen LogP contribution in [0.3, 0.4) is 0 Å². The first kappa shape index (κ1) is 19.0. The maximum Gasteiger partial charge on any atom is 0.239 e. The predicted octanol–water partition coefficient (Wildman–Crippen LogP) is 5.08. The minimum absolute atomic E-state index is 0.469. The third-order valence-corrected chi connectivity index (χ3v) is 6.10. The Morgan fingerprint density at radius 1 is 0.889 bits per heavy atom. The molecule has 0 radical (unpaired) electrons. The first-order valence-electron chi connectivity index (χ1n) is 8.79. The standard InChI is InChI=1S/C22H23NO3S/c1-17-8-10-20(11-9-17)18(2)27(24,25)23-21-12-14-22(15-13-21)26-16-19-6-4-3-5-7-19/h3-15,18,23H,16H2,1-2H3. The number of benzene rings is 3. The Bertz CT molecular complexity index is 966. The van der Waals surface area contributed by atoms with E-state index in [9.17, 15) is 8.42 Å². The Hall–Kier alpha value is -2.79. The van der Waals surface area contributed by atoms with E-state index >= 15 is 0 Å². The largest absolute Gasteiger partial charge is 0.489 e. The minimum atomic E-state index is -3.54. The second kappa shape index (κ2) is 8.27. The van der Waals surface area contributed by atoms with Crippen molar-refractivity contribution in [3.63, 3.8) is 0 Å². The lowest BCUT2D eigenvalue weighted by Crippen LogP contribution is -2.19. The molecule has 1 unspecified atom stereocenters. The average Bonchev–Trinajstić information content (AvgIpc) is 2.68. The van der Waals surface area contributed by atoms with Crippen LogP contribution in [0.5, 0.6) is 5.75 Å². The number of sulfonamides is 1.